The molecule has 3 aromatic rings. The van der Waals surface area contributed by atoms with E-state index < -0.39 is 0 Å². The zero-order valence-corrected chi connectivity index (χ0v) is 14.8. The molecule has 0 unspecified atom stereocenters. The number of ether oxygens (including phenoxy) is 1. The Kier molecular flexibility index (Phi) is 4.54. The minimum Gasteiger partial charge on any atom is -0.458 e. The molecule has 0 N–H and O–H groups in total. The van der Waals surface area contributed by atoms with Crippen LogP contribution in [-0.4, -0.2) is 16.7 Å². The van der Waals surface area contributed by atoms with Crippen molar-refractivity contribution in [2.45, 2.75) is 30.8 Å². The second-order valence-electron chi connectivity index (χ2n) is 5.81. The van der Waals surface area contributed by atoms with Crippen LogP contribution < -0.4 is 0 Å². The fourth-order valence-electron chi connectivity index (χ4n) is 2.95. The standard InChI is InChI=1S/C19H17NO2S2/c21-19(12-23-15-9-8-13-4-3-5-14(13)10-15)22-11-18-20-16-6-1-2-7-17(16)24-18/h1-2,6-10H,3-5,11-12H2. The van der Waals surface area contributed by atoms with Crippen molar-refractivity contribution in [3.63, 3.8) is 0 Å². The van der Waals surface area contributed by atoms with Crippen LogP contribution in [0.1, 0.15) is 22.6 Å². The van der Waals surface area contributed by atoms with Gasteiger partial charge in [-0.25, -0.2) is 4.98 Å². The highest BCUT2D eigenvalue weighted by atomic mass is 32.2. The van der Waals surface area contributed by atoms with Crippen LogP contribution in [0.15, 0.2) is 47.4 Å². The Hall–Kier alpha value is -1.85. The smallest absolute Gasteiger partial charge is 0.316 e. The first-order valence-electron chi connectivity index (χ1n) is 8.02. The van der Waals surface area contributed by atoms with Crippen LogP contribution in [0, 0.1) is 0 Å². The molecule has 4 rings (SSSR count). The highest BCUT2D eigenvalue weighted by molar-refractivity contribution is 8.00. The molecular formula is C19H17NO2S2. The van der Waals surface area contributed by atoms with Gasteiger partial charge in [-0.3, -0.25) is 4.79 Å². The summed E-state index contributed by atoms with van der Waals surface area (Å²) in [5.41, 5.74) is 3.85. The lowest BCUT2D eigenvalue weighted by molar-refractivity contribution is -0.141. The molecule has 0 saturated heterocycles. The first kappa shape index (κ1) is 15.7. The quantitative estimate of drug-likeness (QED) is 0.494. The fraction of sp³-hybridized carbons (Fsp3) is 0.263. The monoisotopic (exact) mass is 355 g/mol. The Morgan fingerprint density at radius 1 is 1.17 bits per heavy atom. The van der Waals surface area contributed by atoms with Crippen LogP contribution in [-0.2, 0) is 29.0 Å². The summed E-state index contributed by atoms with van der Waals surface area (Å²) < 4.78 is 6.48. The van der Waals surface area contributed by atoms with Crippen LogP contribution in [0.2, 0.25) is 0 Å². The van der Waals surface area contributed by atoms with Crippen molar-refractivity contribution < 1.29 is 9.53 Å². The Morgan fingerprint density at radius 2 is 2.04 bits per heavy atom. The molecule has 24 heavy (non-hydrogen) atoms. The molecule has 1 heterocycles. The van der Waals surface area contributed by atoms with Crippen molar-refractivity contribution in [2.75, 3.05) is 5.75 Å². The average Bonchev–Trinajstić information content (AvgIpc) is 3.23. The Balaban J connectivity index is 1.30. The van der Waals surface area contributed by atoms with E-state index in [9.17, 15) is 4.79 Å². The number of rotatable bonds is 5. The molecule has 122 valence electrons. The molecule has 0 fully saturated rings. The predicted molar refractivity (Wildman–Crippen MR) is 98.6 cm³/mol. The lowest BCUT2D eigenvalue weighted by Gasteiger charge is -2.05. The van der Waals surface area contributed by atoms with Gasteiger partial charge >= 0.3 is 5.97 Å². The number of fused-ring (bicyclic) bond motifs is 2. The number of aromatic nitrogens is 1. The molecule has 0 spiro atoms. The summed E-state index contributed by atoms with van der Waals surface area (Å²) in [4.78, 5) is 17.6. The topological polar surface area (TPSA) is 39.2 Å². The van der Waals surface area contributed by atoms with Gasteiger partial charge in [0.15, 0.2) is 0 Å². The second kappa shape index (κ2) is 6.95. The predicted octanol–water partition coefficient (Wildman–Crippen LogP) is 4.62. The third-order valence-corrected chi connectivity index (χ3v) is 6.10. The number of carbonyl (C=O) groups excluding carboxylic acids is 1. The number of aryl methyl sites for hydroxylation is 2. The molecule has 0 aliphatic heterocycles. The SMILES string of the molecule is O=C(CSc1ccc2c(c1)CCC2)OCc1nc2ccccc2s1. The van der Waals surface area contributed by atoms with Gasteiger partial charge in [-0.15, -0.1) is 23.1 Å². The Bertz CT molecular complexity index is 855. The minimum atomic E-state index is -0.195. The van der Waals surface area contributed by atoms with Crippen molar-refractivity contribution in [2.24, 2.45) is 0 Å². The van der Waals surface area contributed by atoms with Crippen LogP contribution in [0.5, 0.6) is 0 Å². The minimum absolute atomic E-state index is 0.195. The maximum atomic E-state index is 12.0. The fourth-order valence-corrected chi connectivity index (χ4v) is 4.58. The first-order chi connectivity index (χ1) is 11.8. The summed E-state index contributed by atoms with van der Waals surface area (Å²) in [6.07, 6.45) is 3.59. The molecule has 1 aromatic heterocycles. The van der Waals surface area contributed by atoms with Gasteiger partial charge in [0.1, 0.15) is 11.6 Å². The van der Waals surface area contributed by atoms with Gasteiger partial charge in [0, 0.05) is 4.90 Å². The van der Waals surface area contributed by atoms with Crippen molar-refractivity contribution in [1.82, 2.24) is 4.98 Å². The average molecular weight is 355 g/mol. The van der Waals surface area contributed by atoms with E-state index in [0.29, 0.717) is 5.75 Å². The van der Waals surface area contributed by atoms with E-state index in [1.807, 2.05) is 24.3 Å². The molecule has 0 atom stereocenters. The highest BCUT2D eigenvalue weighted by Crippen LogP contribution is 2.28. The maximum absolute atomic E-state index is 12.0. The number of hydrogen-bond acceptors (Lipinski definition) is 5. The highest BCUT2D eigenvalue weighted by Gasteiger charge is 2.12. The van der Waals surface area contributed by atoms with Gasteiger partial charge < -0.3 is 4.74 Å². The Morgan fingerprint density at radius 3 is 2.96 bits per heavy atom. The lowest BCUT2D eigenvalue weighted by atomic mass is 10.1. The molecule has 0 amide bonds. The van der Waals surface area contributed by atoms with Crippen molar-refractivity contribution in [1.29, 1.82) is 0 Å². The van der Waals surface area contributed by atoms with E-state index in [-0.39, 0.29) is 12.6 Å². The summed E-state index contributed by atoms with van der Waals surface area (Å²) in [6, 6.07) is 14.5. The van der Waals surface area contributed by atoms with E-state index in [0.717, 1.165) is 26.5 Å². The number of thioether (sulfide) groups is 1. The van der Waals surface area contributed by atoms with Gasteiger partial charge in [0.05, 0.1) is 16.0 Å². The third kappa shape index (κ3) is 3.47. The molecule has 0 bridgehead atoms. The van der Waals surface area contributed by atoms with Crippen LogP contribution in [0.25, 0.3) is 10.2 Å². The molecule has 3 nitrogen and oxygen atoms in total. The van der Waals surface area contributed by atoms with E-state index in [1.54, 1.807) is 23.1 Å². The normalized spacial score (nSPS) is 13.2. The van der Waals surface area contributed by atoms with Gasteiger partial charge in [-0.05, 0) is 54.7 Å². The number of nitrogens with zero attached hydrogens (tertiary/aromatic N) is 1. The van der Waals surface area contributed by atoms with Crippen LogP contribution in [0.4, 0.5) is 0 Å². The summed E-state index contributed by atoms with van der Waals surface area (Å²) in [5, 5.41) is 0.840. The van der Waals surface area contributed by atoms with E-state index in [2.05, 4.69) is 23.2 Å². The van der Waals surface area contributed by atoms with Gasteiger partial charge in [-0.1, -0.05) is 18.2 Å². The number of benzene rings is 2. The van der Waals surface area contributed by atoms with E-state index >= 15 is 0 Å². The van der Waals surface area contributed by atoms with Crippen LogP contribution >= 0.6 is 23.1 Å². The molecule has 1 aliphatic rings. The van der Waals surface area contributed by atoms with Gasteiger partial charge in [0.25, 0.3) is 0 Å². The summed E-state index contributed by atoms with van der Waals surface area (Å²) in [5.74, 6) is 0.142. The number of para-hydroxylation sites is 1. The maximum Gasteiger partial charge on any atom is 0.316 e. The Labute approximate surface area is 149 Å². The van der Waals surface area contributed by atoms with Crippen LogP contribution in [0.3, 0.4) is 0 Å². The summed E-state index contributed by atoms with van der Waals surface area (Å²) in [6.45, 7) is 0.253. The zero-order valence-electron chi connectivity index (χ0n) is 13.2. The van der Waals surface area contributed by atoms with E-state index in [1.165, 1.54) is 24.0 Å². The molecule has 0 radical (unpaired) electrons. The number of hydrogen-bond donors (Lipinski definition) is 0. The van der Waals surface area contributed by atoms with Crippen molar-refractivity contribution in [3.8, 4) is 0 Å². The lowest BCUT2D eigenvalue weighted by Crippen LogP contribution is -2.07. The second-order valence-corrected chi connectivity index (χ2v) is 7.97. The third-order valence-electron chi connectivity index (χ3n) is 4.12. The molecule has 0 saturated carbocycles. The largest absolute Gasteiger partial charge is 0.458 e. The molecule has 1 aliphatic carbocycles. The number of carbonyl (C=O) groups is 1. The summed E-state index contributed by atoms with van der Waals surface area (Å²) in [7, 11) is 0. The first-order valence-corrected chi connectivity index (χ1v) is 9.83. The number of esters is 1. The van der Waals surface area contributed by atoms with E-state index in [4.69, 9.17) is 4.74 Å². The van der Waals surface area contributed by atoms with Crippen molar-refractivity contribution >= 4 is 39.3 Å². The number of thiazole rings is 1. The molecule has 5 heteroatoms. The zero-order chi connectivity index (χ0) is 16.4. The van der Waals surface area contributed by atoms with Crippen molar-refractivity contribution in [3.05, 3.63) is 58.6 Å². The van der Waals surface area contributed by atoms with Gasteiger partial charge in [-0.2, -0.15) is 0 Å². The summed E-state index contributed by atoms with van der Waals surface area (Å²) >= 11 is 3.12. The molecular weight excluding hydrogens is 338 g/mol. The molecule has 2 aromatic carbocycles. The van der Waals surface area contributed by atoms with Gasteiger partial charge in [0.2, 0.25) is 0 Å².